The fourth-order valence-electron chi connectivity index (χ4n) is 1.84. The van der Waals surface area contributed by atoms with Gasteiger partial charge in [-0.25, -0.2) is 0 Å². The lowest BCUT2D eigenvalue weighted by Crippen LogP contribution is -2.19. The molecule has 0 aromatic heterocycles. The molecule has 0 bridgehead atoms. The van der Waals surface area contributed by atoms with Crippen LogP contribution in [0.15, 0.2) is 54.6 Å². The lowest BCUT2D eigenvalue weighted by Gasteiger charge is -2.12. The largest absolute Gasteiger partial charge is 0.492 e. The summed E-state index contributed by atoms with van der Waals surface area (Å²) in [5, 5.41) is 3.41. The van der Waals surface area contributed by atoms with Crippen molar-refractivity contribution in [3.63, 3.8) is 0 Å². The van der Waals surface area contributed by atoms with Crippen LogP contribution in [0.5, 0.6) is 5.75 Å². The van der Waals surface area contributed by atoms with E-state index in [1.807, 2.05) is 38.4 Å². The Morgan fingerprint density at radius 2 is 1.80 bits per heavy atom. The Balaban J connectivity index is 1.86. The Morgan fingerprint density at radius 3 is 2.55 bits per heavy atom. The third-order valence-corrected chi connectivity index (χ3v) is 2.98. The van der Waals surface area contributed by atoms with Crippen molar-refractivity contribution in [2.75, 3.05) is 32.6 Å². The molecule has 1 N–H and O–H groups in total. The molecule has 0 radical (unpaired) electrons. The molecular formula is C17H22N2O. The molecule has 2 aromatic carbocycles. The maximum Gasteiger partial charge on any atom is 0.121 e. The monoisotopic (exact) mass is 270 g/mol. The Hall–Kier alpha value is -2.00. The minimum absolute atomic E-state index is 0.704. The van der Waals surface area contributed by atoms with Gasteiger partial charge in [-0.05, 0) is 31.8 Å². The molecule has 0 heterocycles. The van der Waals surface area contributed by atoms with E-state index >= 15 is 0 Å². The van der Waals surface area contributed by atoms with E-state index in [9.17, 15) is 0 Å². The molecule has 20 heavy (non-hydrogen) atoms. The van der Waals surface area contributed by atoms with Crippen LogP contribution in [0.1, 0.15) is 5.56 Å². The smallest absolute Gasteiger partial charge is 0.121 e. The predicted octanol–water partition coefficient (Wildman–Crippen LogP) is 3.24. The quantitative estimate of drug-likeness (QED) is 0.836. The molecule has 3 nitrogen and oxygen atoms in total. The fourth-order valence-corrected chi connectivity index (χ4v) is 1.84. The molecule has 0 saturated carbocycles. The predicted molar refractivity (Wildman–Crippen MR) is 84.3 cm³/mol. The summed E-state index contributed by atoms with van der Waals surface area (Å²) in [7, 11) is 4.09. The van der Waals surface area contributed by atoms with E-state index in [1.54, 1.807) is 0 Å². The number of hydrogen-bond acceptors (Lipinski definition) is 3. The SMILES string of the molecule is CN(C)CCOc1cccc(NCc2ccccc2)c1. The second kappa shape index (κ2) is 7.56. The summed E-state index contributed by atoms with van der Waals surface area (Å²) in [6, 6.07) is 18.5. The first-order valence-corrected chi connectivity index (χ1v) is 6.89. The number of nitrogens with one attached hydrogen (secondary N) is 1. The number of ether oxygens (including phenoxy) is 1. The second-order valence-corrected chi connectivity index (χ2v) is 5.02. The van der Waals surface area contributed by atoms with Crippen LogP contribution in [-0.4, -0.2) is 32.1 Å². The van der Waals surface area contributed by atoms with Crippen LogP contribution in [0.2, 0.25) is 0 Å². The van der Waals surface area contributed by atoms with Gasteiger partial charge in [0.2, 0.25) is 0 Å². The Morgan fingerprint density at radius 1 is 1.00 bits per heavy atom. The van der Waals surface area contributed by atoms with Crippen LogP contribution in [0, 0.1) is 0 Å². The van der Waals surface area contributed by atoms with Gasteiger partial charge in [-0.3, -0.25) is 0 Å². The first-order chi connectivity index (χ1) is 9.74. The van der Waals surface area contributed by atoms with Crippen molar-refractivity contribution in [1.82, 2.24) is 4.90 Å². The van der Waals surface area contributed by atoms with Crippen molar-refractivity contribution < 1.29 is 4.74 Å². The Bertz CT molecular complexity index is 511. The highest BCUT2D eigenvalue weighted by atomic mass is 16.5. The number of anilines is 1. The van der Waals surface area contributed by atoms with Crippen LogP contribution in [-0.2, 0) is 6.54 Å². The summed E-state index contributed by atoms with van der Waals surface area (Å²) < 4.78 is 5.73. The molecule has 0 aliphatic rings. The number of hydrogen-bond donors (Lipinski definition) is 1. The van der Waals surface area contributed by atoms with Gasteiger partial charge in [0, 0.05) is 24.8 Å². The van der Waals surface area contributed by atoms with Crippen molar-refractivity contribution in [2.24, 2.45) is 0 Å². The molecule has 0 spiro atoms. The van der Waals surface area contributed by atoms with Gasteiger partial charge in [0.05, 0.1) is 0 Å². The van der Waals surface area contributed by atoms with Gasteiger partial charge in [-0.2, -0.15) is 0 Å². The normalized spacial score (nSPS) is 10.6. The summed E-state index contributed by atoms with van der Waals surface area (Å²) >= 11 is 0. The van der Waals surface area contributed by atoms with Crippen LogP contribution in [0.4, 0.5) is 5.69 Å². The molecule has 0 unspecified atom stereocenters. The molecule has 0 aliphatic carbocycles. The highest BCUT2D eigenvalue weighted by Gasteiger charge is 1.98. The van der Waals surface area contributed by atoms with E-state index in [2.05, 4.69) is 40.5 Å². The molecule has 2 rings (SSSR count). The van der Waals surface area contributed by atoms with E-state index in [0.717, 1.165) is 24.5 Å². The number of benzene rings is 2. The van der Waals surface area contributed by atoms with E-state index < -0.39 is 0 Å². The van der Waals surface area contributed by atoms with Gasteiger partial charge in [0.1, 0.15) is 12.4 Å². The Labute approximate surface area is 121 Å². The van der Waals surface area contributed by atoms with Crippen LogP contribution in [0.25, 0.3) is 0 Å². The van der Waals surface area contributed by atoms with E-state index in [4.69, 9.17) is 4.74 Å². The van der Waals surface area contributed by atoms with E-state index in [0.29, 0.717) is 6.61 Å². The summed E-state index contributed by atoms with van der Waals surface area (Å²) in [4.78, 5) is 2.11. The van der Waals surface area contributed by atoms with Crippen molar-refractivity contribution >= 4 is 5.69 Å². The molecule has 0 aliphatic heterocycles. The topological polar surface area (TPSA) is 24.5 Å². The minimum Gasteiger partial charge on any atom is -0.492 e. The Kier molecular flexibility index (Phi) is 5.44. The number of nitrogens with zero attached hydrogens (tertiary/aromatic N) is 1. The van der Waals surface area contributed by atoms with Gasteiger partial charge in [-0.1, -0.05) is 36.4 Å². The van der Waals surface area contributed by atoms with Gasteiger partial charge in [0.25, 0.3) is 0 Å². The molecule has 0 saturated heterocycles. The maximum atomic E-state index is 5.73. The average Bonchev–Trinajstić information content (AvgIpc) is 2.46. The van der Waals surface area contributed by atoms with Crippen LogP contribution in [0.3, 0.4) is 0 Å². The summed E-state index contributed by atoms with van der Waals surface area (Å²) in [5.41, 5.74) is 2.35. The summed E-state index contributed by atoms with van der Waals surface area (Å²) in [5.74, 6) is 0.907. The fraction of sp³-hybridized carbons (Fsp3) is 0.294. The van der Waals surface area contributed by atoms with Gasteiger partial charge in [-0.15, -0.1) is 0 Å². The lowest BCUT2D eigenvalue weighted by atomic mass is 10.2. The third-order valence-electron chi connectivity index (χ3n) is 2.98. The van der Waals surface area contributed by atoms with Gasteiger partial charge < -0.3 is 15.0 Å². The first kappa shape index (κ1) is 14.4. The molecule has 106 valence electrons. The van der Waals surface area contributed by atoms with E-state index in [-0.39, 0.29) is 0 Å². The second-order valence-electron chi connectivity index (χ2n) is 5.02. The van der Waals surface area contributed by atoms with Crippen molar-refractivity contribution in [1.29, 1.82) is 0 Å². The van der Waals surface area contributed by atoms with Crippen LogP contribution >= 0.6 is 0 Å². The number of rotatable bonds is 7. The van der Waals surface area contributed by atoms with Crippen molar-refractivity contribution in [2.45, 2.75) is 6.54 Å². The molecule has 3 heteroatoms. The standard InChI is InChI=1S/C17H22N2O/c1-19(2)11-12-20-17-10-6-9-16(13-17)18-14-15-7-4-3-5-8-15/h3-10,13,18H,11-12,14H2,1-2H3. The zero-order valence-corrected chi connectivity index (χ0v) is 12.2. The zero-order valence-electron chi connectivity index (χ0n) is 12.2. The van der Waals surface area contributed by atoms with E-state index in [1.165, 1.54) is 5.56 Å². The maximum absolute atomic E-state index is 5.73. The molecule has 0 fully saturated rings. The summed E-state index contributed by atoms with van der Waals surface area (Å²) in [6.45, 7) is 2.44. The summed E-state index contributed by atoms with van der Waals surface area (Å²) in [6.07, 6.45) is 0. The van der Waals surface area contributed by atoms with Crippen LogP contribution < -0.4 is 10.1 Å². The molecule has 0 amide bonds. The first-order valence-electron chi connectivity index (χ1n) is 6.89. The molecular weight excluding hydrogens is 248 g/mol. The molecule has 0 atom stereocenters. The zero-order chi connectivity index (χ0) is 14.2. The lowest BCUT2D eigenvalue weighted by molar-refractivity contribution is 0.261. The van der Waals surface area contributed by atoms with Crippen molar-refractivity contribution in [3.8, 4) is 5.75 Å². The number of likely N-dealkylation sites (N-methyl/N-ethyl adjacent to an activating group) is 1. The minimum atomic E-state index is 0.704. The van der Waals surface area contributed by atoms with Gasteiger partial charge in [0.15, 0.2) is 0 Å². The molecule has 2 aromatic rings. The third kappa shape index (κ3) is 4.94. The highest BCUT2D eigenvalue weighted by Crippen LogP contribution is 2.18. The van der Waals surface area contributed by atoms with Gasteiger partial charge >= 0.3 is 0 Å². The van der Waals surface area contributed by atoms with Crippen molar-refractivity contribution in [3.05, 3.63) is 60.2 Å². The highest BCUT2D eigenvalue weighted by molar-refractivity contribution is 5.48. The average molecular weight is 270 g/mol.